The van der Waals surface area contributed by atoms with Crippen molar-refractivity contribution in [2.45, 2.75) is 20.3 Å². The van der Waals surface area contributed by atoms with Gasteiger partial charge in [0.05, 0.1) is 35.4 Å². The van der Waals surface area contributed by atoms with E-state index in [1.54, 1.807) is 48.0 Å². The van der Waals surface area contributed by atoms with Gasteiger partial charge < -0.3 is 5.32 Å². The number of aryl methyl sites for hydroxylation is 1. The number of hydrogen-bond acceptors (Lipinski definition) is 4. The summed E-state index contributed by atoms with van der Waals surface area (Å²) in [5.74, 6) is -0.645. The van der Waals surface area contributed by atoms with Crippen LogP contribution in [0.15, 0.2) is 48.5 Å². The van der Waals surface area contributed by atoms with Crippen molar-refractivity contribution in [3.8, 4) is 5.69 Å². The summed E-state index contributed by atoms with van der Waals surface area (Å²) in [5, 5.41) is 7.20. The molecule has 1 aromatic heterocycles. The Hall–Kier alpha value is -3.20. The Morgan fingerprint density at radius 1 is 1.07 bits per heavy atom. The van der Waals surface area contributed by atoms with Crippen molar-refractivity contribution in [3.05, 3.63) is 71.3 Å². The van der Waals surface area contributed by atoms with Crippen molar-refractivity contribution >= 4 is 27.3 Å². The Bertz CT molecular complexity index is 1150. The summed E-state index contributed by atoms with van der Waals surface area (Å²) < 4.78 is 40.3. The highest BCUT2D eigenvalue weighted by Crippen LogP contribution is 2.23. The molecule has 2 aromatic carbocycles. The number of benzene rings is 2. The molecule has 0 bridgehead atoms. The molecule has 0 unspecified atom stereocenters. The number of nitrogens with zero attached hydrogens (tertiary/aromatic N) is 2. The number of hydrogen-bond donors (Lipinski definition) is 2. The largest absolute Gasteiger partial charge is 0.324 e. The third-order valence-corrected chi connectivity index (χ3v) is 4.94. The Balaban J connectivity index is 1.81. The Morgan fingerprint density at radius 2 is 1.69 bits per heavy atom. The van der Waals surface area contributed by atoms with E-state index in [1.807, 2.05) is 6.92 Å². The first-order valence-electron chi connectivity index (χ1n) is 8.82. The Kier molecular flexibility index (Phi) is 5.69. The predicted molar refractivity (Wildman–Crippen MR) is 110 cm³/mol. The molecule has 0 spiro atoms. The number of para-hydroxylation sites is 2. The van der Waals surface area contributed by atoms with Gasteiger partial charge in [0.25, 0.3) is 0 Å². The second kappa shape index (κ2) is 8.04. The third-order valence-electron chi connectivity index (χ3n) is 4.35. The summed E-state index contributed by atoms with van der Waals surface area (Å²) in [6.07, 6.45) is 1.11. The number of rotatable bonds is 6. The lowest BCUT2D eigenvalue weighted by Gasteiger charge is -2.12. The fourth-order valence-corrected chi connectivity index (χ4v) is 3.58. The van der Waals surface area contributed by atoms with E-state index in [2.05, 4.69) is 15.1 Å². The molecule has 29 heavy (non-hydrogen) atoms. The first kappa shape index (κ1) is 20.5. The minimum absolute atomic E-state index is 0.0616. The van der Waals surface area contributed by atoms with E-state index >= 15 is 0 Å². The summed E-state index contributed by atoms with van der Waals surface area (Å²) in [6, 6.07) is 12.5. The van der Waals surface area contributed by atoms with Crippen LogP contribution < -0.4 is 10.0 Å². The van der Waals surface area contributed by atoms with E-state index in [0.29, 0.717) is 22.8 Å². The van der Waals surface area contributed by atoms with Crippen LogP contribution in [0.2, 0.25) is 0 Å². The van der Waals surface area contributed by atoms with E-state index in [1.165, 1.54) is 12.1 Å². The van der Waals surface area contributed by atoms with Crippen molar-refractivity contribution in [2.24, 2.45) is 0 Å². The van der Waals surface area contributed by atoms with E-state index in [4.69, 9.17) is 0 Å². The molecular formula is C20H21FN4O3S. The molecule has 1 heterocycles. The molecule has 0 radical (unpaired) electrons. The van der Waals surface area contributed by atoms with E-state index < -0.39 is 10.0 Å². The lowest BCUT2D eigenvalue weighted by Crippen LogP contribution is -2.18. The second-order valence-corrected chi connectivity index (χ2v) is 8.43. The number of anilines is 2. The van der Waals surface area contributed by atoms with Crippen LogP contribution in [0.3, 0.4) is 0 Å². The molecular weight excluding hydrogens is 395 g/mol. The Labute approximate surface area is 168 Å². The highest BCUT2D eigenvalue weighted by atomic mass is 32.2. The third kappa shape index (κ3) is 5.00. The molecule has 0 aliphatic heterocycles. The molecule has 2 N–H and O–H groups in total. The molecule has 0 saturated carbocycles. The van der Waals surface area contributed by atoms with Gasteiger partial charge in [0, 0.05) is 11.3 Å². The van der Waals surface area contributed by atoms with Crippen LogP contribution in [0.1, 0.15) is 17.0 Å². The van der Waals surface area contributed by atoms with E-state index in [9.17, 15) is 17.6 Å². The smallest absolute Gasteiger partial charge is 0.229 e. The van der Waals surface area contributed by atoms with Crippen LogP contribution in [0.25, 0.3) is 5.69 Å². The Morgan fingerprint density at radius 3 is 2.31 bits per heavy atom. The van der Waals surface area contributed by atoms with Gasteiger partial charge in [-0.05, 0) is 50.2 Å². The molecule has 3 aromatic rings. The van der Waals surface area contributed by atoms with Crippen LogP contribution in [0, 0.1) is 19.7 Å². The maximum absolute atomic E-state index is 13.2. The van der Waals surface area contributed by atoms with Crippen molar-refractivity contribution in [1.82, 2.24) is 9.78 Å². The SMILES string of the molecule is Cc1nn(-c2ccc(F)cc2)c(C)c1CC(=O)Nc1ccccc1NS(C)(=O)=O. The number of sulfonamides is 1. The van der Waals surface area contributed by atoms with E-state index in [0.717, 1.165) is 17.5 Å². The van der Waals surface area contributed by atoms with Crippen molar-refractivity contribution in [3.63, 3.8) is 0 Å². The standard InChI is InChI=1S/C20H21FN4O3S/c1-13-17(14(2)25(23-13)16-10-8-15(21)9-11-16)12-20(26)22-18-6-4-5-7-19(18)24-29(3,27)28/h4-11,24H,12H2,1-3H3,(H,22,26). The fraction of sp³-hybridized carbons (Fsp3) is 0.200. The molecule has 0 atom stereocenters. The number of carbonyl (C=O) groups is 1. The van der Waals surface area contributed by atoms with Gasteiger partial charge in [-0.25, -0.2) is 17.5 Å². The van der Waals surface area contributed by atoms with Gasteiger partial charge in [-0.15, -0.1) is 0 Å². The highest BCUT2D eigenvalue weighted by Gasteiger charge is 2.17. The number of carbonyl (C=O) groups excluding carboxylic acids is 1. The van der Waals surface area contributed by atoms with Crippen LogP contribution in [0.5, 0.6) is 0 Å². The molecule has 152 valence electrons. The predicted octanol–water partition coefficient (Wildman–Crippen LogP) is 3.18. The summed E-state index contributed by atoms with van der Waals surface area (Å²) in [7, 11) is -3.48. The first-order valence-corrected chi connectivity index (χ1v) is 10.7. The highest BCUT2D eigenvalue weighted by molar-refractivity contribution is 7.92. The van der Waals surface area contributed by atoms with Gasteiger partial charge in [-0.1, -0.05) is 12.1 Å². The number of amides is 1. The second-order valence-electron chi connectivity index (χ2n) is 6.68. The lowest BCUT2D eigenvalue weighted by atomic mass is 10.1. The van der Waals surface area contributed by atoms with Crippen LogP contribution in [-0.4, -0.2) is 30.4 Å². The number of halogens is 1. The maximum Gasteiger partial charge on any atom is 0.229 e. The van der Waals surface area contributed by atoms with Crippen molar-refractivity contribution in [1.29, 1.82) is 0 Å². The minimum Gasteiger partial charge on any atom is -0.324 e. The summed E-state index contributed by atoms with van der Waals surface area (Å²) >= 11 is 0. The van der Waals surface area contributed by atoms with Gasteiger partial charge in [-0.3, -0.25) is 9.52 Å². The van der Waals surface area contributed by atoms with Gasteiger partial charge in [-0.2, -0.15) is 5.10 Å². The quantitative estimate of drug-likeness (QED) is 0.645. The molecule has 7 nitrogen and oxygen atoms in total. The van der Waals surface area contributed by atoms with Crippen molar-refractivity contribution in [2.75, 3.05) is 16.3 Å². The lowest BCUT2D eigenvalue weighted by molar-refractivity contribution is -0.115. The normalized spacial score (nSPS) is 11.3. The summed E-state index contributed by atoms with van der Waals surface area (Å²) in [4.78, 5) is 12.6. The topological polar surface area (TPSA) is 93.1 Å². The average molecular weight is 416 g/mol. The van der Waals surface area contributed by atoms with Crippen molar-refractivity contribution < 1.29 is 17.6 Å². The average Bonchev–Trinajstić information content (AvgIpc) is 2.91. The molecule has 0 aliphatic carbocycles. The van der Waals surface area contributed by atoms with Gasteiger partial charge in [0.2, 0.25) is 15.9 Å². The molecule has 0 saturated heterocycles. The number of aromatic nitrogens is 2. The molecule has 3 rings (SSSR count). The monoisotopic (exact) mass is 416 g/mol. The van der Waals surface area contributed by atoms with E-state index in [-0.39, 0.29) is 18.1 Å². The fourth-order valence-electron chi connectivity index (χ4n) is 3.00. The summed E-state index contributed by atoms with van der Waals surface area (Å²) in [6.45, 7) is 3.64. The number of nitrogens with one attached hydrogen (secondary N) is 2. The van der Waals surface area contributed by atoms with Gasteiger partial charge in [0.1, 0.15) is 5.82 Å². The summed E-state index contributed by atoms with van der Waals surface area (Å²) in [5.41, 5.74) is 3.56. The molecule has 9 heteroatoms. The van der Waals surface area contributed by atoms with Gasteiger partial charge >= 0.3 is 0 Å². The van der Waals surface area contributed by atoms with Crippen LogP contribution in [0.4, 0.5) is 15.8 Å². The first-order chi connectivity index (χ1) is 13.6. The molecule has 0 aliphatic rings. The van der Waals surface area contributed by atoms with Crippen LogP contribution in [-0.2, 0) is 21.2 Å². The molecule has 1 amide bonds. The molecule has 0 fully saturated rings. The van der Waals surface area contributed by atoms with Gasteiger partial charge in [0.15, 0.2) is 0 Å². The zero-order valence-electron chi connectivity index (χ0n) is 16.2. The minimum atomic E-state index is -3.48. The zero-order chi connectivity index (χ0) is 21.2. The van der Waals surface area contributed by atoms with Crippen LogP contribution >= 0.6 is 0 Å². The maximum atomic E-state index is 13.2. The zero-order valence-corrected chi connectivity index (χ0v) is 17.0.